The van der Waals surface area contributed by atoms with Crippen LogP contribution in [0.15, 0.2) is 96.0 Å². The smallest absolute Gasteiger partial charge is 0.410 e. The normalized spacial score (nSPS) is 14.2. The molecule has 252 valence electrons. The Hall–Kier alpha value is -5.17. The number of carbonyl (C=O) groups is 3. The molecule has 12 nitrogen and oxygen atoms in total. The minimum atomic E-state index is -4.20. The summed E-state index contributed by atoms with van der Waals surface area (Å²) >= 11 is 0. The number of nitrogens with one attached hydrogen (secondary N) is 1. The van der Waals surface area contributed by atoms with E-state index in [1.165, 1.54) is 24.4 Å². The number of benzene rings is 3. The van der Waals surface area contributed by atoms with Crippen LogP contribution in [0.5, 0.6) is 5.75 Å². The van der Waals surface area contributed by atoms with E-state index in [2.05, 4.69) is 10.3 Å². The Bertz CT molecular complexity index is 1850. The van der Waals surface area contributed by atoms with E-state index < -0.39 is 33.9 Å². The molecule has 48 heavy (non-hydrogen) atoms. The van der Waals surface area contributed by atoms with Gasteiger partial charge in [-0.3, -0.25) is 9.78 Å². The summed E-state index contributed by atoms with van der Waals surface area (Å²) in [6.07, 6.45) is 0.390. The molecule has 1 fully saturated rings. The number of carbonyl (C=O) groups excluding carboxylic acids is 3. The van der Waals surface area contributed by atoms with E-state index in [9.17, 15) is 22.8 Å². The van der Waals surface area contributed by atoms with Gasteiger partial charge in [-0.25, -0.2) is 9.59 Å². The Balaban J connectivity index is 1.27. The highest BCUT2D eigenvalue weighted by Crippen LogP contribution is 2.25. The third-order valence-electron chi connectivity index (χ3n) is 7.48. The second kappa shape index (κ2) is 14.7. The second-order valence-electron chi connectivity index (χ2n) is 12.3. The maximum Gasteiger partial charge on any atom is 0.410 e. The van der Waals surface area contributed by atoms with Gasteiger partial charge in [0.15, 0.2) is 0 Å². The van der Waals surface area contributed by atoms with Crippen LogP contribution in [0.4, 0.5) is 9.59 Å². The average Bonchev–Trinajstić information content (AvgIpc) is 3.07. The molecule has 13 heteroatoms. The van der Waals surface area contributed by atoms with Crippen molar-refractivity contribution < 1.29 is 36.5 Å². The number of alkyl carbamates (subject to hydrolysis) is 1. The van der Waals surface area contributed by atoms with Crippen LogP contribution in [-0.2, 0) is 37.4 Å². The van der Waals surface area contributed by atoms with Crippen molar-refractivity contribution in [3.05, 3.63) is 102 Å². The van der Waals surface area contributed by atoms with Crippen molar-refractivity contribution in [2.24, 2.45) is 0 Å². The Kier molecular flexibility index (Phi) is 10.5. The minimum absolute atomic E-state index is 0.0227. The molecule has 1 aliphatic rings. The van der Waals surface area contributed by atoms with E-state index in [0.717, 1.165) is 5.56 Å². The number of hydrogen-bond acceptors (Lipinski definition) is 9. The topological polar surface area (TPSA) is 144 Å². The standard InChI is InChI=1S/C35H38N4O8S/c1-35(2,3)46-34(42)39-21-19-38(20-22-39)32(40)29(37-33(41)45-24-26-9-5-4-6-10-26)23-25-14-16-28(17-15-25)47-48(43,44)30-13-7-11-27-12-8-18-36-31(27)30/h4-18,29H,19-24H2,1-3H3,(H,37,41)/t29-/m0/s1. The van der Waals surface area contributed by atoms with Crippen LogP contribution < -0.4 is 9.50 Å². The lowest BCUT2D eigenvalue weighted by molar-refractivity contribution is -0.135. The molecule has 2 heterocycles. The first kappa shape index (κ1) is 34.2. The number of piperazine rings is 1. The summed E-state index contributed by atoms with van der Waals surface area (Å²) in [5, 5.41) is 3.36. The highest BCUT2D eigenvalue weighted by atomic mass is 32.2. The number of fused-ring (bicyclic) bond motifs is 1. The zero-order chi connectivity index (χ0) is 34.3. The number of aromatic nitrogens is 1. The van der Waals surface area contributed by atoms with Crippen molar-refractivity contribution in [2.45, 2.75) is 50.3 Å². The van der Waals surface area contributed by atoms with Gasteiger partial charge in [0.05, 0.1) is 5.52 Å². The summed E-state index contributed by atoms with van der Waals surface area (Å²) in [7, 11) is -4.20. The van der Waals surface area contributed by atoms with Crippen LogP contribution in [0, 0.1) is 0 Å². The lowest BCUT2D eigenvalue weighted by Crippen LogP contribution is -2.56. The zero-order valence-corrected chi connectivity index (χ0v) is 27.8. The third kappa shape index (κ3) is 9.00. The van der Waals surface area contributed by atoms with Gasteiger partial charge in [0.2, 0.25) is 5.91 Å². The van der Waals surface area contributed by atoms with Crippen LogP contribution in [-0.4, -0.2) is 79.1 Å². The molecule has 1 atom stereocenters. The third-order valence-corrected chi connectivity index (χ3v) is 8.76. The molecule has 1 N–H and O–H groups in total. The van der Waals surface area contributed by atoms with Gasteiger partial charge < -0.3 is 28.8 Å². The Morgan fingerprint density at radius 2 is 1.50 bits per heavy atom. The van der Waals surface area contributed by atoms with E-state index in [4.69, 9.17) is 13.7 Å². The molecule has 4 aromatic rings. The molecule has 1 saturated heterocycles. The molecule has 3 amide bonds. The first-order valence-electron chi connectivity index (χ1n) is 15.5. The zero-order valence-electron chi connectivity index (χ0n) is 27.0. The van der Waals surface area contributed by atoms with Gasteiger partial charge >= 0.3 is 22.3 Å². The highest BCUT2D eigenvalue weighted by molar-refractivity contribution is 7.87. The van der Waals surface area contributed by atoms with E-state index in [1.807, 2.05) is 30.3 Å². The van der Waals surface area contributed by atoms with Gasteiger partial charge in [-0.1, -0.05) is 60.7 Å². The molecule has 1 aliphatic heterocycles. The monoisotopic (exact) mass is 674 g/mol. The van der Waals surface area contributed by atoms with Gasteiger partial charge in [-0.05, 0) is 56.2 Å². The largest absolute Gasteiger partial charge is 0.445 e. The number of para-hydroxylation sites is 1. The summed E-state index contributed by atoms with van der Waals surface area (Å²) < 4.78 is 42.6. The number of nitrogens with zero attached hydrogens (tertiary/aromatic N) is 3. The van der Waals surface area contributed by atoms with Gasteiger partial charge in [0.25, 0.3) is 0 Å². The first-order valence-corrected chi connectivity index (χ1v) is 16.9. The van der Waals surface area contributed by atoms with Crippen LogP contribution in [0.25, 0.3) is 10.9 Å². The number of amides is 3. The summed E-state index contributed by atoms with van der Waals surface area (Å²) in [6, 6.07) is 22.7. The fourth-order valence-corrected chi connectivity index (χ4v) is 6.24. The predicted octanol–water partition coefficient (Wildman–Crippen LogP) is 4.92. The molecule has 0 unspecified atom stereocenters. The highest BCUT2D eigenvalue weighted by Gasteiger charge is 2.32. The van der Waals surface area contributed by atoms with Crippen molar-refractivity contribution in [3.8, 4) is 5.75 Å². The van der Waals surface area contributed by atoms with Crippen LogP contribution in [0.3, 0.4) is 0 Å². The maximum atomic E-state index is 13.7. The summed E-state index contributed by atoms with van der Waals surface area (Å²) in [5.74, 6) is -0.273. The Morgan fingerprint density at radius 3 is 2.19 bits per heavy atom. The van der Waals surface area contributed by atoms with Crippen molar-refractivity contribution in [2.75, 3.05) is 26.2 Å². The molecule has 1 aromatic heterocycles. The summed E-state index contributed by atoms with van der Waals surface area (Å²) in [5.41, 5.74) is 1.09. The maximum absolute atomic E-state index is 13.7. The number of hydrogen-bond donors (Lipinski definition) is 1. The molecule has 0 radical (unpaired) electrons. The van der Waals surface area contributed by atoms with Crippen molar-refractivity contribution in [1.29, 1.82) is 0 Å². The molecule has 0 saturated carbocycles. The number of rotatable bonds is 9. The van der Waals surface area contributed by atoms with Crippen molar-refractivity contribution in [3.63, 3.8) is 0 Å². The Labute approximate surface area is 279 Å². The van der Waals surface area contributed by atoms with Crippen LogP contribution in [0.2, 0.25) is 0 Å². The molecule has 3 aromatic carbocycles. The van der Waals surface area contributed by atoms with Crippen molar-refractivity contribution in [1.82, 2.24) is 20.1 Å². The lowest BCUT2D eigenvalue weighted by atomic mass is 10.0. The molecule has 0 aliphatic carbocycles. The predicted molar refractivity (Wildman–Crippen MR) is 178 cm³/mol. The SMILES string of the molecule is CC(C)(C)OC(=O)N1CCN(C(=O)[C@H](Cc2ccc(OS(=O)(=O)c3cccc4cccnc34)cc2)NC(=O)OCc2ccccc2)CC1. The van der Waals surface area contributed by atoms with Gasteiger partial charge in [-0.2, -0.15) is 8.42 Å². The molecule has 0 bridgehead atoms. The fraction of sp³-hybridized carbons (Fsp3) is 0.314. The van der Waals surface area contributed by atoms with E-state index >= 15 is 0 Å². The van der Waals surface area contributed by atoms with Crippen LogP contribution >= 0.6 is 0 Å². The Morgan fingerprint density at radius 1 is 0.833 bits per heavy atom. The quantitative estimate of drug-likeness (QED) is 0.245. The molecule has 5 rings (SSSR count). The summed E-state index contributed by atoms with van der Waals surface area (Å²) in [6.45, 7) is 6.45. The van der Waals surface area contributed by atoms with Crippen molar-refractivity contribution >= 4 is 39.1 Å². The minimum Gasteiger partial charge on any atom is -0.445 e. The van der Waals surface area contributed by atoms with Crippen LogP contribution in [0.1, 0.15) is 31.9 Å². The average molecular weight is 675 g/mol. The van der Waals surface area contributed by atoms with E-state index in [0.29, 0.717) is 16.5 Å². The van der Waals surface area contributed by atoms with E-state index in [1.54, 1.807) is 67.0 Å². The second-order valence-corrected chi connectivity index (χ2v) is 13.8. The number of ether oxygens (including phenoxy) is 2. The lowest BCUT2D eigenvalue weighted by Gasteiger charge is -2.37. The van der Waals surface area contributed by atoms with E-state index in [-0.39, 0.29) is 55.8 Å². The molecule has 0 spiro atoms. The summed E-state index contributed by atoms with van der Waals surface area (Å²) in [4.78, 5) is 46.4. The van der Waals surface area contributed by atoms with Gasteiger partial charge in [-0.15, -0.1) is 0 Å². The molecular weight excluding hydrogens is 636 g/mol. The first-order chi connectivity index (χ1) is 22.9. The number of pyridine rings is 1. The fourth-order valence-electron chi connectivity index (χ4n) is 5.13. The van der Waals surface area contributed by atoms with Gasteiger partial charge in [0, 0.05) is 44.2 Å². The van der Waals surface area contributed by atoms with Gasteiger partial charge in [0.1, 0.15) is 28.9 Å². The molecular formula is C35H38N4O8S.